The lowest BCUT2D eigenvalue weighted by Crippen LogP contribution is -2.36. The van der Waals surface area contributed by atoms with Crippen LogP contribution < -0.4 is 0 Å². The summed E-state index contributed by atoms with van der Waals surface area (Å²) in [7, 11) is 4.34. The number of likely N-dealkylation sites (N-methyl/N-ethyl adjacent to an activating group) is 1. The number of nitrogens with zero attached hydrogens (tertiary/aromatic N) is 1. The monoisotopic (exact) mass is 267 g/mol. The summed E-state index contributed by atoms with van der Waals surface area (Å²) < 4.78 is 1.17. The Hall–Kier alpha value is -0.340. The van der Waals surface area contributed by atoms with Crippen molar-refractivity contribution >= 4 is 15.9 Å². The highest BCUT2D eigenvalue weighted by molar-refractivity contribution is 9.10. The maximum atomic E-state index is 3.49. The van der Waals surface area contributed by atoms with Crippen molar-refractivity contribution in [2.75, 3.05) is 14.1 Å². The Bertz CT molecular complexity index is 338. The van der Waals surface area contributed by atoms with Crippen molar-refractivity contribution in [3.8, 4) is 0 Å². The molecule has 1 atom stereocenters. The van der Waals surface area contributed by atoms with E-state index >= 15 is 0 Å². The molecule has 1 aliphatic rings. The lowest BCUT2D eigenvalue weighted by Gasteiger charge is -2.29. The van der Waals surface area contributed by atoms with Crippen LogP contribution in [-0.4, -0.2) is 25.0 Å². The van der Waals surface area contributed by atoms with E-state index in [2.05, 4.69) is 66.1 Å². The van der Waals surface area contributed by atoms with Gasteiger partial charge in [0.25, 0.3) is 0 Å². The molecule has 1 nitrogen and oxygen atoms in total. The fourth-order valence-electron chi connectivity index (χ4n) is 2.36. The van der Waals surface area contributed by atoms with Crippen LogP contribution in [0.25, 0.3) is 0 Å². The first-order valence-corrected chi connectivity index (χ1v) is 6.28. The van der Waals surface area contributed by atoms with Gasteiger partial charge in [0.05, 0.1) is 0 Å². The van der Waals surface area contributed by atoms with E-state index in [4.69, 9.17) is 0 Å². The van der Waals surface area contributed by atoms with E-state index in [0.29, 0.717) is 11.5 Å². The second kappa shape index (κ2) is 3.91. The van der Waals surface area contributed by atoms with Gasteiger partial charge in [-0.05, 0) is 51.6 Å². The normalized spacial score (nSPS) is 20.3. The summed E-state index contributed by atoms with van der Waals surface area (Å²) in [5, 5.41) is 0. The predicted molar refractivity (Wildman–Crippen MR) is 68.2 cm³/mol. The van der Waals surface area contributed by atoms with E-state index in [1.54, 1.807) is 0 Å². The Morgan fingerprint density at radius 2 is 1.73 bits per heavy atom. The van der Waals surface area contributed by atoms with Gasteiger partial charge >= 0.3 is 0 Å². The van der Waals surface area contributed by atoms with Crippen molar-refractivity contribution in [3.63, 3.8) is 0 Å². The highest BCUT2D eigenvalue weighted by Gasteiger charge is 2.49. The maximum absolute atomic E-state index is 3.49. The Balaban J connectivity index is 2.26. The summed E-state index contributed by atoms with van der Waals surface area (Å²) in [6, 6.07) is 9.45. The molecule has 0 saturated heterocycles. The molecular formula is C13H18BrN. The van der Waals surface area contributed by atoms with Gasteiger partial charge in [-0.25, -0.2) is 0 Å². The molecule has 0 amide bonds. The van der Waals surface area contributed by atoms with Crippen molar-refractivity contribution in [1.82, 2.24) is 4.90 Å². The molecule has 0 aromatic heterocycles. The third-order valence-electron chi connectivity index (χ3n) is 3.78. The highest BCUT2D eigenvalue weighted by atomic mass is 79.9. The molecule has 2 rings (SSSR count). The summed E-state index contributed by atoms with van der Waals surface area (Å²) >= 11 is 3.49. The van der Waals surface area contributed by atoms with Gasteiger partial charge in [-0.15, -0.1) is 0 Å². The molecule has 15 heavy (non-hydrogen) atoms. The standard InChI is InChI=1S/C13H18BrN/c1-10(15(2)3)13(8-9-13)11-4-6-12(14)7-5-11/h4-7,10H,8-9H2,1-3H3. The topological polar surface area (TPSA) is 3.24 Å². The zero-order valence-electron chi connectivity index (χ0n) is 9.63. The van der Waals surface area contributed by atoms with E-state index in [-0.39, 0.29) is 0 Å². The molecule has 0 bridgehead atoms. The van der Waals surface area contributed by atoms with Crippen molar-refractivity contribution in [2.24, 2.45) is 0 Å². The summed E-state index contributed by atoms with van der Waals surface area (Å²) in [4.78, 5) is 2.33. The van der Waals surface area contributed by atoms with Crippen LogP contribution in [0.5, 0.6) is 0 Å². The average molecular weight is 268 g/mol. The number of rotatable bonds is 3. The molecule has 0 radical (unpaired) electrons. The third kappa shape index (κ3) is 1.98. The Labute approximate surface area is 101 Å². The van der Waals surface area contributed by atoms with E-state index in [1.165, 1.54) is 22.9 Å². The molecule has 1 aliphatic carbocycles. The fraction of sp³-hybridized carbons (Fsp3) is 0.538. The lowest BCUT2D eigenvalue weighted by atomic mass is 9.88. The fourth-order valence-corrected chi connectivity index (χ4v) is 2.62. The number of halogens is 1. The molecule has 0 N–H and O–H groups in total. The first-order valence-electron chi connectivity index (χ1n) is 5.49. The van der Waals surface area contributed by atoms with Gasteiger partial charge in [-0.3, -0.25) is 0 Å². The second-order valence-electron chi connectivity index (χ2n) is 4.80. The SMILES string of the molecule is CC(N(C)C)C1(c2ccc(Br)cc2)CC1. The van der Waals surface area contributed by atoms with Gasteiger partial charge in [-0.2, -0.15) is 0 Å². The van der Waals surface area contributed by atoms with Crippen LogP contribution in [0.15, 0.2) is 28.7 Å². The van der Waals surface area contributed by atoms with E-state index in [9.17, 15) is 0 Å². The van der Waals surface area contributed by atoms with E-state index in [0.717, 1.165) is 0 Å². The molecule has 82 valence electrons. The van der Waals surface area contributed by atoms with Crippen molar-refractivity contribution in [1.29, 1.82) is 0 Å². The van der Waals surface area contributed by atoms with Gasteiger partial charge in [0.2, 0.25) is 0 Å². The lowest BCUT2D eigenvalue weighted by molar-refractivity contribution is 0.259. The van der Waals surface area contributed by atoms with E-state index < -0.39 is 0 Å². The molecule has 1 unspecified atom stereocenters. The largest absolute Gasteiger partial charge is 0.306 e. The number of hydrogen-bond donors (Lipinski definition) is 0. The minimum Gasteiger partial charge on any atom is -0.306 e. The predicted octanol–water partition coefficient (Wildman–Crippen LogP) is 3.43. The second-order valence-corrected chi connectivity index (χ2v) is 5.72. The summed E-state index contributed by atoms with van der Waals surface area (Å²) in [5.74, 6) is 0. The van der Waals surface area contributed by atoms with Crippen molar-refractivity contribution in [2.45, 2.75) is 31.2 Å². The molecule has 1 fully saturated rings. The minimum atomic E-state index is 0.421. The van der Waals surface area contributed by atoms with Crippen LogP contribution in [0.2, 0.25) is 0 Å². The molecule has 0 aliphatic heterocycles. The van der Waals surface area contributed by atoms with Crippen LogP contribution in [0, 0.1) is 0 Å². The summed E-state index contributed by atoms with van der Waals surface area (Å²) in [6.07, 6.45) is 2.65. The van der Waals surface area contributed by atoms with Crippen LogP contribution in [0.4, 0.5) is 0 Å². The maximum Gasteiger partial charge on any atom is 0.0175 e. The number of hydrogen-bond acceptors (Lipinski definition) is 1. The Morgan fingerprint density at radius 3 is 2.13 bits per heavy atom. The number of benzene rings is 1. The molecule has 1 aromatic carbocycles. The van der Waals surface area contributed by atoms with Crippen LogP contribution in [0.3, 0.4) is 0 Å². The van der Waals surface area contributed by atoms with Gasteiger partial charge in [-0.1, -0.05) is 28.1 Å². The van der Waals surface area contributed by atoms with Crippen molar-refractivity contribution in [3.05, 3.63) is 34.3 Å². The van der Waals surface area contributed by atoms with Crippen LogP contribution in [-0.2, 0) is 5.41 Å². The molecule has 0 spiro atoms. The zero-order valence-corrected chi connectivity index (χ0v) is 11.2. The summed E-state index contributed by atoms with van der Waals surface area (Å²) in [6.45, 7) is 2.33. The zero-order chi connectivity index (χ0) is 11.1. The van der Waals surface area contributed by atoms with Gasteiger partial charge < -0.3 is 4.90 Å². The molecule has 2 heteroatoms. The van der Waals surface area contributed by atoms with Gasteiger partial charge in [0.1, 0.15) is 0 Å². The first kappa shape index (κ1) is 11.2. The van der Waals surface area contributed by atoms with E-state index in [1.807, 2.05) is 0 Å². The smallest absolute Gasteiger partial charge is 0.0175 e. The molecule has 1 aromatic rings. The highest BCUT2D eigenvalue weighted by Crippen LogP contribution is 2.52. The third-order valence-corrected chi connectivity index (χ3v) is 4.31. The molecular weight excluding hydrogens is 250 g/mol. The van der Waals surface area contributed by atoms with Crippen LogP contribution >= 0.6 is 15.9 Å². The quantitative estimate of drug-likeness (QED) is 0.811. The molecule has 1 saturated carbocycles. The average Bonchev–Trinajstić information content (AvgIpc) is 2.99. The summed E-state index contributed by atoms with van der Waals surface area (Å²) in [5.41, 5.74) is 1.91. The Morgan fingerprint density at radius 1 is 1.20 bits per heavy atom. The minimum absolute atomic E-state index is 0.421. The first-order chi connectivity index (χ1) is 7.06. The van der Waals surface area contributed by atoms with Gasteiger partial charge in [0.15, 0.2) is 0 Å². The van der Waals surface area contributed by atoms with Crippen molar-refractivity contribution < 1.29 is 0 Å². The molecule has 0 heterocycles. The van der Waals surface area contributed by atoms with Crippen LogP contribution in [0.1, 0.15) is 25.3 Å². The Kier molecular flexibility index (Phi) is 2.91. The van der Waals surface area contributed by atoms with Gasteiger partial charge in [0, 0.05) is 15.9 Å².